The number of hydrogen-bond acceptors (Lipinski definition) is 6. The van der Waals surface area contributed by atoms with Gasteiger partial charge in [0.1, 0.15) is 18.2 Å². The molecular formula is C23H28N6O2. The lowest BCUT2D eigenvalue weighted by molar-refractivity contribution is -0.156. The van der Waals surface area contributed by atoms with Crippen molar-refractivity contribution in [3.63, 3.8) is 0 Å². The largest absolute Gasteiger partial charge is 0.356 e. The Morgan fingerprint density at radius 2 is 2.00 bits per heavy atom. The van der Waals surface area contributed by atoms with Crippen LogP contribution in [0.1, 0.15) is 36.9 Å². The first kappa shape index (κ1) is 19.9. The number of aromatic nitrogens is 3. The Labute approximate surface area is 182 Å². The number of rotatable bonds is 4. The van der Waals surface area contributed by atoms with Crippen LogP contribution in [0.15, 0.2) is 36.9 Å². The molecule has 31 heavy (non-hydrogen) atoms. The molecule has 3 aliphatic heterocycles. The summed E-state index contributed by atoms with van der Waals surface area (Å²) in [5.41, 5.74) is 1.93. The summed E-state index contributed by atoms with van der Waals surface area (Å²) in [7, 11) is 0. The van der Waals surface area contributed by atoms with Gasteiger partial charge in [-0.3, -0.25) is 14.6 Å². The molecule has 5 rings (SSSR count). The van der Waals surface area contributed by atoms with Gasteiger partial charge in [-0.25, -0.2) is 9.97 Å². The van der Waals surface area contributed by atoms with Gasteiger partial charge >= 0.3 is 0 Å². The van der Waals surface area contributed by atoms with Crippen LogP contribution in [0.3, 0.4) is 0 Å². The maximum Gasteiger partial charge on any atom is 0.243 e. The van der Waals surface area contributed by atoms with E-state index in [2.05, 4.69) is 25.2 Å². The van der Waals surface area contributed by atoms with Crippen LogP contribution in [0.2, 0.25) is 0 Å². The van der Waals surface area contributed by atoms with E-state index >= 15 is 0 Å². The minimum absolute atomic E-state index is 0.0544. The van der Waals surface area contributed by atoms with Crippen LogP contribution in [0.25, 0.3) is 0 Å². The number of nitrogens with one attached hydrogen (secondary N) is 1. The third-order valence-corrected chi connectivity index (χ3v) is 6.94. The quantitative estimate of drug-likeness (QED) is 0.810. The first-order valence-electron chi connectivity index (χ1n) is 11.1. The molecule has 0 spiro atoms. The molecule has 4 atom stereocenters. The molecule has 8 heteroatoms. The number of amides is 2. The molecule has 0 unspecified atom stereocenters. The Kier molecular flexibility index (Phi) is 5.29. The molecule has 0 radical (unpaired) electrons. The van der Waals surface area contributed by atoms with Crippen molar-refractivity contribution in [3.05, 3.63) is 48.2 Å². The van der Waals surface area contributed by atoms with Crippen molar-refractivity contribution in [3.8, 4) is 0 Å². The zero-order valence-electron chi connectivity index (χ0n) is 17.8. The van der Waals surface area contributed by atoms with E-state index in [4.69, 9.17) is 0 Å². The van der Waals surface area contributed by atoms with Crippen molar-refractivity contribution in [2.24, 2.45) is 11.8 Å². The Bertz CT molecular complexity index is 968. The zero-order chi connectivity index (χ0) is 21.4. The lowest BCUT2D eigenvalue weighted by Crippen LogP contribution is -2.68. The van der Waals surface area contributed by atoms with Crippen LogP contribution in [0.5, 0.6) is 0 Å². The highest BCUT2D eigenvalue weighted by atomic mass is 16.2. The van der Waals surface area contributed by atoms with Crippen LogP contribution in [0.4, 0.5) is 5.82 Å². The van der Waals surface area contributed by atoms with Gasteiger partial charge in [-0.15, -0.1) is 0 Å². The normalized spacial score (nSPS) is 27.6. The summed E-state index contributed by atoms with van der Waals surface area (Å²) < 4.78 is 0. The van der Waals surface area contributed by atoms with E-state index in [0.29, 0.717) is 18.9 Å². The average molecular weight is 421 g/mol. The number of piperidine rings is 3. The first-order chi connectivity index (χ1) is 15.1. The molecule has 3 fully saturated rings. The number of pyridine rings is 1. The van der Waals surface area contributed by atoms with E-state index in [1.165, 1.54) is 0 Å². The molecule has 2 aromatic heterocycles. The van der Waals surface area contributed by atoms with Crippen LogP contribution in [0, 0.1) is 18.8 Å². The summed E-state index contributed by atoms with van der Waals surface area (Å²) in [6.07, 6.45) is 8.43. The second-order valence-electron chi connectivity index (χ2n) is 8.96. The maximum atomic E-state index is 13.4. The molecule has 162 valence electrons. The molecule has 5 heterocycles. The molecule has 8 nitrogen and oxygen atoms in total. The minimum Gasteiger partial charge on any atom is -0.356 e. The Morgan fingerprint density at radius 1 is 1.19 bits per heavy atom. The second kappa shape index (κ2) is 8.24. The van der Waals surface area contributed by atoms with E-state index in [1.54, 1.807) is 18.7 Å². The molecular weight excluding hydrogens is 392 g/mol. The summed E-state index contributed by atoms with van der Waals surface area (Å²) in [5, 5.41) is 3.08. The smallest absolute Gasteiger partial charge is 0.243 e. The molecule has 3 aliphatic rings. The number of carbonyl (C=O) groups excluding carboxylic acids is 2. The number of carbonyl (C=O) groups is 2. The molecule has 2 aromatic rings. The molecule has 1 N–H and O–H groups in total. The second-order valence-corrected chi connectivity index (χ2v) is 8.96. The third kappa shape index (κ3) is 3.86. The molecule has 3 saturated heterocycles. The number of aryl methyl sites for hydroxylation is 1. The lowest BCUT2D eigenvalue weighted by atomic mass is 9.71. The fourth-order valence-corrected chi connectivity index (χ4v) is 5.59. The topological polar surface area (TPSA) is 91.3 Å². The van der Waals surface area contributed by atoms with Gasteiger partial charge in [0.05, 0.1) is 0 Å². The van der Waals surface area contributed by atoms with Crippen molar-refractivity contribution in [2.45, 2.75) is 51.2 Å². The highest BCUT2D eigenvalue weighted by molar-refractivity contribution is 5.89. The van der Waals surface area contributed by atoms with Gasteiger partial charge in [0, 0.05) is 62.2 Å². The molecule has 0 aliphatic carbocycles. The van der Waals surface area contributed by atoms with Crippen molar-refractivity contribution in [1.82, 2.24) is 25.2 Å². The zero-order valence-corrected chi connectivity index (χ0v) is 17.8. The molecule has 2 amide bonds. The maximum absolute atomic E-state index is 13.4. The number of nitrogens with zero attached hydrogens (tertiary/aromatic N) is 5. The van der Waals surface area contributed by atoms with Gasteiger partial charge in [0.25, 0.3) is 0 Å². The van der Waals surface area contributed by atoms with Crippen molar-refractivity contribution >= 4 is 17.6 Å². The molecule has 0 saturated carbocycles. The fourth-order valence-electron chi connectivity index (χ4n) is 5.59. The summed E-state index contributed by atoms with van der Waals surface area (Å²) in [6, 6.07) is 5.49. The van der Waals surface area contributed by atoms with Gasteiger partial charge < -0.3 is 15.1 Å². The fraction of sp³-hybridized carbons (Fsp3) is 0.522. The summed E-state index contributed by atoms with van der Waals surface area (Å²) >= 11 is 0. The summed E-state index contributed by atoms with van der Waals surface area (Å²) in [6.45, 7) is 3.99. The van der Waals surface area contributed by atoms with Gasteiger partial charge in [-0.2, -0.15) is 0 Å². The highest BCUT2D eigenvalue weighted by Gasteiger charge is 2.52. The van der Waals surface area contributed by atoms with E-state index < -0.39 is 6.04 Å². The standard InChI is InChI=1S/C23H28N6O2/c1-15-9-20(27-14-26-15)28-12-17-10-18(13-28)22(29-19(17)3-2-4-21(29)30)23(31)25-11-16-5-7-24-8-6-16/h5-9,14,17-19,22H,2-4,10-13H2,1H3,(H,25,31)/t17-,18+,19-,22+/m0/s1. The first-order valence-corrected chi connectivity index (χ1v) is 11.1. The third-order valence-electron chi connectivity index (χ3n) is 6.94. The van der Waals surface area contributed by atoms with E-state index in [9.17, 15) is 9.59 Å². The van der Waals surface area contributed by atoms with E-state index in [1.807, 2.05) is 30.0 Å². The van der Waals surface area contributed by atoms with Crippen LogP contribution >= 0.6 is 0 Å². The van der Waals surface area contributed by atoms with Gasteiger partial charge in [0.15, 0.2) is 0 Å². The monoisotopic (exact) mass is 420 g/mol. The number of fused-ring (bicyclic) bond motifs is 4. The Balaban J connectivity index is 1.41. The minimum atomic E-state index is -0.429. The highest BCUT2D eigenvalue weighted by Crippen LogP contribution is 2.42. The van der Waals surface area contributed by atoms with Crippen molar-refractivity contribution in [1.29, 1.82) is 0 Å². The van der Waals surface area contributed by atoms with Crippen molar-refractivity contribution < 1.29 is 9.59 Å². The van der Waals surface area contributed by atoms with Gasteiger partial charge in [-0.05, 0) is 49.8 Å². The Hall–Kier alpha value is -3.03. The molecule has 0 aromatic carbocycles. The SMILES string of the molecule is Cc1cc(N2C[C@@H]3C[C@H](C2)[C@H](C(=O)NCc2ccncc2)N2C(=O)CCC[C@@H]32)ncn1. The predicted octanol–water partition coefficient (Wildman–Crippen LogP) is 1.70. The Morgan fingerprint density at radius 3 is 2.81 bits per heavy atom. The predicted molar refractivity (Wildman–Crippen MR) is 115 cm³/mol. The van der Waals surface area contributed by atoms with E-state index in [-0.39, 0.29) is 23.8 Å². The lowest BCUT2D eigenvalue weighted by Gasteiger charge is -2.56. The van der Waals surface area contributed by atoms with E-state index in [0.717, 1.165) is 49.4 Å². The summed E-state index contributed by atoms with van der Waals surface area (Å²) in [5.74, 6) is 1.43. The molecule has 2 bridgehead atoms. The van der Waals surface area contributed by atoms with Crippen LogP contribution in [-0.2, 0) is 16.1 Å². The van der Waals surface area contributed by atoms with Gasteiger partial charge in [-0.1, -0.05) is 0 Å². The van der Waals surface area contributed by atoms with Crippen molar-refractivity contribution in [2.75, 3.05) is 18.0 Å². The summed E-state index contributed by atoms with van der Waals surface area (Å²) in [4.78, 5) is 43.3. The number of hydrogen-bond donors (Lipinski definition) is 1. The van der Waals surface area contributed by atoms with Crippen LogP contribution < -0.4 is 10.2 Å². The average Bonchev–Trinajstić information content (AvgIpc) is 2.79. The number of anilines is 1. The van der Waals surface area contributed by atoms with Gasteiger partial charge in [0.2, 0.25) is 11.8 Å². The van der Waals surface area contributed by atoms with Crippen LogP contribution in [-0.4, -0.2) is 56.8 Å².